The number of hydrogen-bond acceptors (Lipinski definition) is 4. The Bertz CT molecular complexity index is 629. The number of anilines is 1. The quantitative estimate of drug-likeness (QED) is 0.849. The van der Waals surface area contributed by atoms with Crippen LogP contribution in [0.1, 0.15) is 10.4 Å². The van der Waals surface area contributed by atoms with Crippen molar-refractivity contribution in [3.8, 4) is 5.75 Å². The summed E-state index contributed by atoms with van der Waals surface area (Å²) in [5.41, 5.74) is 7.20. The molecule has 0 spiro atoms. The summed E-state index contributed by atoms with van der Waals surface area (Å²) in [6.07, 6.45) is 0. The highest BCUT2D eigenvalue weighted by Gasteiger charge is 2.13. The molecule has 2 rings (SSSR count). The van der Waals surface area contributed by atoms with E-state index in [4.69, 9.17) is 10.5 Å². The third-order valence-electron chi connectivity index (χ3n) is 2.80. The van der Waals surface area contributed by atoms with Crippen molar-refractivity contribution >= 4 is 23.4 Å². The number of rotatable bonds is 4. The van der Waals surface area contributed by atoms with E-state index in [0.29, 0.717) is 17.0 Å². The summed E-state index contributed by atoms with van der Waals surface area (Å²) in [6.45, 7) is 0. The van der Waals surface area contributed by atoms with E-state index < -0.39 is 0 Å². The Labute approximate surface area is 122 Å². The lowest BCUT2D eigenvalue weighted by atomic mass is 10.2. The third-order valence-corrected chi connectivity index (χ3v) is 3.96. The Hall–Kier alpha value is -2.14. The smallest absolute Gasteiger partial charge is 0.252 e. The average Bonchev–Trinajstić information content (AvgIpc) is 2.49. The van der Waals surface area contributed by atoms with E-state index in [1.54, 1.807) is 20.2 Å². The number of hydrogen-bond donors (Lipinski definition) is 2. The summed E-state index contributed by atoms with van der Waals surface area (Å²) >= 11 is 1.46. The molecule has 0 radical (unpaired) electrons. The van der Waals surface area contributed by atoms with Gasteiger partial charge in [0.15, 0.2) is 0 Å². The molecule has 0 heterocycles. The van der Waals surface area contributed by atoms with Crippen LogP contribution in [-0.2, 0) is 0 Å². The number of nitrogens with two attached hydrogens (primary N) is 1. The number of ether oxygens (including phenoxy) is 1. The van der Waals surface area contributed by atoms with Gasteiger partial charge in [-0.1, -0.05) is 23.9 Å². The highest BCUT2D eigenvalue weighted by atomic mass is 32.2. The van der Waals surface area contributed by atoms with Crippen LogP contribution in [0.5, 0.6) is 5.75 Å². The zero-order chi connectivity index (χ0) is 14.5. The van der Waals surface area contributed by atoms with E-state index in [-0.39, 0.29) is 5.91 Å². The van der Waals surface area contributed by atoms with Crippen LogP contribution in [0.4, 0.5) is 5.69 Å². The fourth-order valence-corrected chi connectivity index (χ4v) is 2.70. The van der Waals surface area contributed by atoms with Gasteiger partial charge in [-0.25, -0.2) is 0 Å². The van der Waals surface area contributed by atoms with Crippen molar-refractivity contribution in [3.05, 3.63) is 48.0 Å². The topological polar surface area (TPSA) is 64.3 Å². The summed E-state index contributed by atoms with van der Waals surface area (Å²) in [6, 6.07) is 13.0. The lowest BCUT2D eigenvalue weighted by molar-refractivity contribution is 0.0960. The van der Waals surface area contributed by atoms with Gasteiger partial charge in [-0.3, -0.25) is 4.79 Å². The van der Waals surface area contributed by atoms with E-state index in [1.807, 2.05) is 36.4 Å². The Morgan fingerprint density at radius 2 is 1.95 bits per heavy atom. The number of nitrogen functional groups attached to an aromatic ring is 1. The van der Waals surface area contributed by atoms with Crippen molar-refractivity contribution in [1.29, 1.82) is 0 Å². The van der Waals surface area contributed by atoms with Gasteiger partial charge in [-0.05, 0) is 30.3 Å². The number of methoxy groups -OCH3 is 1. The van der Waals surface area contributed by atoms with Gasteiger partial charge >= 0.3 is 0 Å². The lowest BCUT2D eigenvalue weighted by Crippen LogP contribution is -2.18. The highest BCUT2D eigenvalue weighted by molar-refractivity contribution is 7.99. The SMILES string of the molecule is CNC(=O)c1cc(OC)ccc1Sc1ccccc1N. The van der Waals surface area contributed by atoms with Crippen LogP contribution in [0.25, 0.3) is 0 Å². The van der Waals surface area contributed by atoms with Gasteiger partial charge in [0.1, 0.15) is 5.75 Å². The second-order valence-electron chi connectivity index (χ2n) is 4.08. The van der Waals surface area contributed by atoms with Gasteiger partial charge in [0.05, 0.1) is 12.7 Å². The molecule has 20 heavy (non-hydrogen) atoms. The molecule has 104 valence electrons. The molecule has 0 saturated heterocycles. The number of amides is 1. The van der Waals surface area contributed by atoms with Crippen molar-refractivity contribution in [2.75, 3.05) is 19.9 Å². The molecule has 0 atom stereocenters. The normalized spacial score (nSPS) is 10.1. The second-order valence-corrected chi connectivity index (χ2v) is 5.16. The van der Waals surface area contributed by atoms with E-state index in [1.165, 1.54) is 11.8 Å². The predicted octanol–water partition coefficient (Wildman–Crippen LogP) is 2.79. The Morgan fingerprint density at radius 3 is 2.60 bits per heavy atom. The first-order valence-corrected chi connectivity index (χ1v) is 6.90. The molecule has 0 bridgehead atoms. The second kappa shape index (κ2) is 6.34. The Kier molecular flexibility index (Phi) is 4.53. The minimum atomic E-state index is -0.152. The van der Waals surface area contributed by atoms with Gasteiger partial charge in [0.25, 0.3) is 5.91 Å². The van der Waals surface area contributed by atoms with E-state index in [2.05, 4.69) is 5.32 Å². The maximum absolute atomic E-state index is 12.0. The maximum atomic E-state index is 12.0. The Morgan fingerprint density at radius 1 is 1.20 bits per heavy atom. The molecule has 0 aliphatic carbocycles. The first-order chi connectivity index (χ1) is 9.65. The van der Waals surface area contributed by atoms with Crippen molar-refractivity contribution in [3.63, 3.8) is 0 Å². The van der Waals surface area contributed by atoms with Crippen molar-refractivity contribution in [2.24, 2.45) is 0 Å². The van der Waals surface area contributed by atoms with Crippen LogP contribution in [0, 0.1) is 0 Å². The highest BCUT2D eigenvalue weighted by Crippen LogP contribution is 2.35. The summed E-state index contributed by atoms with van der Waals surface area (Å²) < 4.78 is 5.16. The monoisotopic (exact) mass is 288 g/mol. The summed E-state index contributed by atoms with van der Waals surface area (Å²) in [4.78, 5) is 13.7. The standard InChI is InChI=1S/C15H16N2O2S/c1-17-15(18)11-9-10(19-2)7-8-13(11)20-14-6-4-3-5-12(14)16/h3-9H,16H2,1-2H3,(H,17,18). The predicted molar refractivity (Wildman–Crippen MR) is 81.4 cm³/mol. The molecule has 1 amide bonds. The number of carbonyl (C=O) groups is 1. The fraction of sp³-hybridized carbons (Fsp3) is 0.133. The minimum Gasteiger partial charge on any atom is -0.497 e. The molecule has 2 aromatic carbocycles. The summed E-state index contributed by atoms with van der Waals surface area (Å²) in [5, 5.41) is 2.63. The van der Waals surface area contributed by atoms with Crippen molar-refractivity contribution in [1.82, 2.24) is 5.32 Å². The van der Waals surface area contributed by atoms with Gasteiger partial charge in [0, 0.05) is 22.5 Å². The van der Waals surface area contributed by atoms with Crippen LogP contribution in [0.2, 0.25) is 0 Å². The molecule has 2 aromatic rings. The average molecular weight is 288 g/mol. The van der Waals surface area contributed by atoms with Gasteiger partial charge in [-0.15, -0.1) is 0 Å². The molecule has 0 aliphatic heterocycles. The van der Waals surface area contributed by atoms with Crippen LogP contribution in [0.15, 0.2) is 52.3 Å². The Balaban J connectivity index is 2.41. The van der Waals surface area contributed by atoms with Crippen LogP contribution < -0.4 is 15.8 Å². The molecule has 0 aromatic heterocycles. The first kappa shape index (κ1) is 14.3. The minimum absolute atomic E-state index is 0.152. The number of para-hydroxylation sites is 1. The molecule has 4 nitrogen and oxygen atoms in total. The van der Waals surface area contributed by atoms with E-state index in [0.717, 1.165) is 9.79 Å². The number of nitrogens with one attached hydrogen (secondary N) is 1. The molecular weight excluding hydrogens is 272 g/mol. The largest absolute Gasteiger partial charge is 0.497 e. The lowest BCUT2D eigenvalue weighted by Gasteiger charge is -2.11. The molecule has 0 saturated carbocycles. The van der Waals surface area contributed by atoms with Crippen molar-refractivity contribution in [2.45, 2.75) is 9.79 Å². The number of carbonyl (C=O) groups excluding carboxylic acids is 1. The molecule has 0 aliphatic rings. The van der Waals surface area contributed by atoms with Crippen LogP contribution in [0.3, 0.4) is 0 Å². The number of benzene rings is 2. The van der Waals surface area contributed by atoms with Crippen molar-refractivity contribution < 1.29 is 9.53 Å². The van der Waals surface area contributed by atoms with Gasteiger partial charge in [0.2, 0.25) is 0 Å². The summed E-state index contributed by atoms with van der Waals surface area (Å²) in [7, 11) is 3.18. The molecular formula is C15H16N2O2S. The van der Waals surface area contributed by atoms with Gasteiger partial charge in [-0.2, -0.15) is 0 Å². The van der Waals surface area contributed by atoms with E-state index >= 15 is 0 Å². The molecule has 0 fully saturated rings. The van der Waals surface area contributed by atoms with E-state index in [9.17, 15) is 4.79 Å². The molecule has 3 N–H and O–H groups in total. The molecule has 5 heteroatoms. The van der Waals surface area contributed by atoms with Crippen LogP contribution in [-0.4, -0.2) is 20.1 Å². The third kappa shape index (κ3) is 3.05. The molecule has 0 unspecified atom stereocenters. The maximum Gasteiger partial charge on any atom is 0.252 e. The summed E-state index contributed by atoms with van der Waals surface area (Å²) in [5.74, 6) is 0.495. The zero-order valence-electron chi connectivity index (χ0n) is 11.3. The first-order valence-electron chi connectivity index (χ1n) is 6.08. The zero-order valence-corrected chi connectivity index (χ0v) is 12.2. The van der Waals surface area contributed by atoms with Crippen LogP contribution >= 0.6 is 11.8 Å². The van der Waals surface area contributed by atoms with Gasteiger partial charge < -0.3 is 15.8 Å². The fourth-order valence-electron chi connectivity index (χ4n) is 1.73.